The van der Waals surface area contributed by atoms with Gasteiger partial charge in [-0.25, -0.2) is 3.97 Å². The standard InChI is InChI=1S/C26H30N4O7S/c1-28(2)38(33,34)30-17-19(20-7-5-6-8-22(20)30)15-21(26(32)29-11-13-37-14-12-29)27-25(31)18-9-10-23(35-3)24(16-18)36-4/h5-10,15-17H,11-14H2,1-4H3,(H,27,31)/b21-15-. The van der Waals surface area contributed by atoms with Gasteiger partial charge in [-0.15, -0.1) is 0 Å². The molecule has 0 unspecified atom stereocenters. The van der Waals surface area contributed by atoms with Crippen molar-refractivity contribution < 1.29 is 32.2 Å². The maximum absolute atomic E-state index is 13.6. The Kier molecular flexibility index (Phi) is 8.05. The minimum atomic E-state index is -3.84. The number of morpholine rings is 1. The van der Waals surface area contributed by atoms with Crippen molar-refractivity contribution in [2.45, 2.75) is 0 Å². The molecule has 1 aliphatic rings. The molecule has 0 bridgehead atoms. The monoisotopic (exact) mass is 542 g/mol. The molecule has 4 rings (SSSR count). The van der Waals surface area contributed by atoms with E-state index >= 15 is 0 Å². The zero-order valence-electron chi connectivity index (χ0n) is 21.6. The predicted molar refractivity (Wildman–Crippen MR) is 142 cm³/mol. The first-order valence-electron chi connectivity index (χ1n) is 11.8. The summed E-state index contributed by atoms with van der Waals surface area (Å²) in [5.41, 5.74) is 1.14. The van der Waals surface area contributed by atoms with Crippen LogP contribution in [0, 0.1) is 0 Å². The van der Waals surface area contributed by atoms with E-state index in [-0.39, 0.29) is 11.3 Å². The van der Waals surface area contributed by atoms with Gasteiger partial charge in [0.05, 0.1) is 33.0 Å². The highest BCUT2D eigenvalue weighted by atomic mass is 32.2. The number of amides is 2. The van der Waals surface area contributed by atoms with Crippen LogP contribution in [0.15, 0.2) is 54.4 Å². The van der Waals surface area contributed by atoms with Gasteiger partial charge in [0.25, 0.3) is 11.8 Å². The van der Waals surface area contributed by atoms with Gasteiger partial charge in [0.1, 0.15) is 5.70 Å². The minimum Gasteiger partial charge on any atom is -0.493 e. The lowest BCUT2D eigenvalue weighted by atomic mass is 10.1. The van der Waals surface area contributed by atoms with Gasteiger partial charge in [0.2, 0.25) is 0 Å². The van der Waals surface area contributed by atoms with E-state index in [0.717, 1.165) is 8.28 Å². The van der Waals surface area contributed by atoms with Crippen molar-refractivity contribution >= 4 is 39.0 Å². The number of fused-ring (bicyclic) bond motifs is 1. The van der Waals surface area contributed by atoms with Crippen LogP contribution in [-0.4, -0.2) is 88.0 Å². The van der Waals surface area contributed by atoms with Gasteiger partial charge in [0, 0.05) is 49.9 Å². The predicted octanol–water partition coefficient (Wildman–Crippen LogP) is 1.94. The maximum atomic E-state index is 13.6. The molecule has 0 radical (unpaired) electrons. The number of carbonyl (C=O) groups is 2. The first kappa shape index (κ1) is 27.2. The van der Waals surface area contributed by atoms with Crippen LogP contribution in [-0.2, 0) is 19.7 Å². The fourth-order valence-corrected chi connectivity index (χ4v) is 5.08. The molecular weight excluding hydrogens is 512 g/mol. The summed E-state index contributed by atoms with van der Waals surface area (Å²) in [5, 5.41) is 3.33. The third-order valence-corrected chi connectivity index (χ3v) is 7.86. The molecule has 2 amide bonds. The second kappa shape index (κ2) is 11.3. The molecule has 1 N–H and O–H groups in total. The van der Waals surface area contributed by atoms with Crippen molar-refractivity contribution in [1.82, 2.24) is 18.5 Å². The lowest BCUT2D eigenvalue weighted by Gasteiger charge is -2.27. The van der Waals surface area contributed by atoms with Crippen LogP contribution in [0.25, 0.3) is 17.0 Å². The van der Waals surface area contributed by atoms with Gasteiger partial charge in [-0.2, -0.15) is 12.7 Å². The van der Waals surface area contributed by atoms with E-state index in [1.807, 2.05) is 0 Å². The van der Waals surface area contributed by atoms with Crippen LogP contribution < -0.4 is 14.8 Å². The number of aromatic nitrogens is 1. The van der Waals surface area contributed by atoms with Crippen LogP contribution in [0.3, 0.4) is 0 Å². The molecule has 1 saturated heterocycles. The summed E-state index contributed by atoms with van der Waals surface area (Å²) in [7, 11) is 1.99. The van der Waals surface area contributed by atoms with Gasteiger partial charge >= 0.3 is 10.2 Å². The number of nitrogens with one attached hydrogen (secondary N) is 1. The summed E-state index contributed by atoms with van der Waals surface area (Å²) >= 11 is 0. The summed E-state index contributed by atoms with van der Waals surface area (Å²) < 4.78 is 44.1. The summed E-state index contributed by atoms with van der Waals surface area (Å²) in [6.07, 6.45) is 2.94. The van der Waals surface area contributed by atoms with E-state index in [4.69, 9.17) is 14.2 Å². The zero-order chi connectivity index (χ0) is 27.4. The first-order chi connectivity index (χ1) is 18.2. The van der Waals surface area contributed by atoms with Crippen molar-refractivity contribution in [1.29, 1.82) is 0 Å². The highest BCUT2D eigenvalue weighted by molar-refractivity contribution is 7.87. The highest BCUT2D eigenvalue weighted by Crippen LogP contribution is 2.28. The molecule has 202 valence electrons. The molecule has 1 aromatic heterocycles. The van der Waals surface area contributed by atoms with Gasteiger partial charge in [-0.3, -0.25) is 9.59 Å². The molecule has 1 aliphatic heterocycles. The van der Waals surface area contributed by atoms with E-state index in [1.54, 1.807) is 41.3 Å². The molecule has 38 heavy (non-hydrogen) atoms. The minimum absolute atomic E-state index is 0.00293. The molecule has 0 spiro atoms. The normalized spacial score (nSPS) is 14.6. The Balaban J connectivity index is 1.80. The Bertz CT molecular complexity index is 1490. The Labute approximate surface area is 221 Å². The van der Waals surface area contributed by atoms with Gasteiger partial charge in [-0.1, -0.05) is 18.2 Å². The number of carbonyl (C=O) groups excluding carboxylic acids is 2. The second-order valence-electron chi connectivity index (χ2n) is 8.67. The number of hydrogen-bond acceptors (Lipinski definition) is 7. The molecule has 0 aliphatic carbocycles. The third kappa shape index (κ3) is 5.37. The molecular formula is C26H30N4O7S. The first-order valence-corrected chi connectivity index (χ1v) is 13.2. The molecule has 0 saturated carbocycles. The van der Waals surface area contributed by atoms with Crippen LogP contribution >= 0.6 is 0 Å². The molecule has 11 nitrogen and oxygen atoms in total. The van der Waals surface area contributed by atoms with Crippen LogP contribution in [0.1, 0.15) is 15.9 Å². The van der Waals surface area contributed by atoms with Gasteiger partial charge in [0.15, 0.2) is 11.5 Å². The lowest BCUT2D eigenvalue weighted by molar-refractivity contribution is -0.131. The summed E-state index contributed by atoms with van der Waals surface area (Å²) in [5.74, 6) is -0.126. The molecule has 2 aromatic carbocycles. The Morgan fingerprint density at radius 3 is 2.37 bits per heavy atom. The summed E-state index contributed by atoms with van der Waals surface area (Å²) in [6, 6.07) is 11.6. The average Bonchev–Trinajstić information content (AvgIpc) is 3.31. The smallest absolute Gasteiger partial charge is 0.307 e. The van der Waals surface area contributed by atoms with E-state index in [2.05, 4.69) is 5.32 Å². The number of rotatable bonds is 8. The van der Waals surface area contributed by atoms with E-state index in [0.29, 0.717) is 54.3 Å². The van der Waals surface area contributed by atoms with Crippen molar-refractivity contribution in [3.8, 4) is 11.5 Å². The average molecular weight is 543 g/mol. The molecule has 1 fully saturated rings. The summed E-state index contributed by atoms with van der Waals surface area (Å²) in [4.78, 5) is 28.4. The maximum Gasteiger partial charge on any atom is 0.307 e. The van der Waals surface area contributed by atoms with Gasteiger partial charge < -0.3 is 24.4 Å². The van der Waals surface area contributed by atoms with E-state index in [9.17, 15) is 18.0 Å². The fourth-order valence-electron chi connectivity index (χ4n) is 4.07. The van der Waals surface area contributed by atoms with E-state index in [1.165, 1.54) is 46.7 Å². The van der Waals surface area contributed by atoms with Gasteiger partial charge in [-0.05, 0) is 30.3 Å². The molecule has 3 aromatic rings. The topological polar surface area (TPSA) is 119 Å². The fraction of sp³-hybridized carbons (Fsp3) is 0.308. The van der Waals surface area contributed by atoms with Crippen LogP contribution in [0.2, 0.25) is 0 Å². The van der Waals surface area contributed by atoms with Crippen molar-refractivity contribution in [3.05, 3.63) is 65.5 Å². The third-order valence-electron chi connectivity index (χ3n) is 6.14. The van der Waals surface area contributed by atoms with Crippen molar-refractivity contribution in [2.24, 2.45) is 0 Å². The Morgan fingerprint density at radius 1 is 1.03 bits per heavy atom. The molecule has 0 atom stereocenters. The Hall–Kier alpha value is -3.87. The molecule has 2 heterocycles. The quantitative estimate of drug-likeness (QED) is 0.432. The summed E-state index contributed by atoms with van der Waals surface area (Å²) in [6.45, 7) is 1.48. The van der Waals surface area contributed by atoms with Crippen molar-refractivity contribution in [3.63, 3.8) is 0 Å². The molecule has 12 heteroatoms. The lowest BCUT2D eigenvalue weighted by Crippen LogP contribution is -2.44. The van der Waals surface area contributed by atoms with E-state index < -0.39 is 22.0 Å². The highest BCUT2D eigenvalue weighted by Gasteiger charge is 2.25. The van der Waals surface area contributed by atoms with Crippen LogP contribution in [0.5, 0.6) is 11.5 Å². The largest absolute Gasteiger partial charge is 0.493 e. The number of benzene rings is 2. The van der Waals surface area contributed by atoms with Crippen molar-refractivity contribution in [2.75, 3.05) is 54.6 Å². The second-order valence-corrected chi connectivity index (χ2v) is 10.7. The number of methoxy groups -OCH3 is 2. The number of ether oxygens (including phenoxy) is 3. The SMILES string of the molecule is COc1ccc(C(=O)N/C(=C\c2cn(S(=O)(=O)N(C)C)c3ccccc23)C(=O)N2CCOCC2)cc1OC. The Morgan fingerprint density at radius 2 is 1.71 bits per heavy atom. The number of nitrogens with zero attached hydrogens (tertiary/aromatic N) is 3. The van der Waals surface area contributed by atoms with Crippen LogP contribution in [0.4, 0.5) is 0 Å². The zero-order valence-corrected chi connectivity index (χ0v) is 22.4. The number of para-hydroxylation sites is 1. The number of hydrogen-bond donors (Lipinski definition) is 1.